The van der Waals surface area contributed by atoms with Crippen LogP contribution in [0.1, 0.15) is 27.5 Å². The van der Waals surface area contributed by atoms with Gasteiger partial charge in [0, 0.05) is 17.1 Å². The van der Waals surface area contributed by atoms with E-state index in [2.05, 4.69) is 0 Å². The van der Waals surface area contributed by atoms with E-state index >= 15 is 0 Å². The molecule has 0 aliphatic carbocycles. The van der Waals surface area contributed by atoms with Crippen LogP contribution in [0.15, 0.2) is 103 Å². The second kappa shape index (κ2) is 7.75. The molecule has 4 aromatic carbocycles. The van der Waals surface area contributed by atoms with Crippen LogP contribution in [0, 0.1) is 11.8 Å². The Morgan fingerprint density at radius 1 is 0.694 bits per heavy atom. The van der Waals surface area contributed by atoms with Crippen molar-refractivity contribution in [1.29, 1.82) is 0 Å². The molecular weight excluding hydrogens is 448 g/mol. The summed E-state index contributed by atoms with van der Waals surface area (Å²) in [5.41, 5.74) is 3.10. The Bertz CT molecular complexity index is 1590. The van der Waals surface area contributed by atoms with Crippen LogP contribution in [0.5, 0.6) is 0 Å². The highest BCUT2D eigenvalue weighted by molar-refractivity contribution is 6.27. The van der Waals surface area contributed by atoms with Crippen molar-refractivity contribution < 1.29 is 14.4 Å². The lowest BCUT2D eigenvalue weighted by molar-refractivity contribution is -0.123. The van der Waals surface area contributed by atoms with Gasteiger partial charge in [0.05, 0.1) is 23.6 Å². The minimum atomic E-state index is -0.773. The summed E-state index contributed by atoms with van der Waals surface area (Å²) in [5.74, 6) is -2.12. The normalized spacial score (nSPS) is 24.1. The van der Waals surface area contributed by atoms with Crippen molar-refractivity contribution in [2.24, 2.45) is 11.8 Å². The largest absolute Gasteiger partial charge is 0.358 e. The van der Waals surface area contributed by atoms with Crippen molar-refractivity contribution in [3.63, 3.8) is 0 Å². The Morgan fingerprint density at radius 2 is 1.39 bits per heavy atom. The third-order valence-electron chi connectivity index (χ3n) is 7.80. The van der Waals surface area contributed by atoms with Crippen molar-refractivity contribution in [3.8, 4) is 0 Å². The molecule has 0 radical (unpaired) electrons. The quantitative estimate of drug-likeness (QED) is 0.304. The molecule has 0 N–H and O–H groups in total. The molecule has 0 bridgehead atoms. The lowest BCUT2D eigenvalue weighted by atomic mass is 9.83. The number of anilines is 1. The van der Waals surface area contributed by atoms with Crippen LogP contribution in [-0.4, -0.2) is 28.5 Å². The molecule has 2 amide bonds. The minimum Gasteiger partial charge on any atom is -0.358 e. The number of rotatable bonds is 3. The van der Waals surface area contributed by atoms with Gasteiger partial charge in [-0.3, -0.25) is 14.4 Å². The van der Waals surface area contributed by atoms with Gasteiger partial charge in [0.2, 0.25) is 11.8 Å². The molecule has 2 saturated heterocycles. The van der Waals surface area contributed by atoms with Crippen LogP contribution in [0.3, 0.4) is 0 Å². The second-order valence-corrected chi connectivity index (χ2v) is 9.57. The Morgan fingerprint density at radius 3 is 2.25 bits per heavy atom. The Kier molecular flexibility index (Phi) is 4.48. The van der Waals surface area contributed by atoms with Crippen LogP contribution in [0.2, 0.25) is 0 Å². The SMILES string of the molecule is O=C(c1ccccc1)[C@@H]1[C@@H]2C(=O)N(c3cccc4ccccc34)C(=O)[C@@H]2[C@@H]2c3ccccc3C=CN12. The van der Waals surface area contributed by atoms with E-state index in [-0.39, 0.29) is 23.6 Å². The predicted octanol–water partition coefficient (Wildman–Crippen LogP) is 5.24. The van der Waals surface area contributed by atoms with Crippen molar-refractivity contribution in [1.82, 2.24) is 4.90 Å². The van der Waals surface area contributed by atoms with Crippen LogP contribution in [0.25, 0.3) is 16.8 Å². The van der Waals surface area contributed by atoms with E-state index in [0.29, 0.717) is 11.3 Å². The lowest BCUT2D eigenvalue weighted by Crippen LogP contribution is -2.44. The molecule has 36 heavy (non-hydrogen) atoms. The van der Waals surface area contributed by atoms with Crippen molar-refractivity contribution in [2.75, 3.05) is 4.90 Å². The molecule has 3 aliphatic rings. The molecule has 0 saturated carbocycles. The number of carbonyl (C=O) groups excluding carboxylic acids is 3. The Labute approximate surface area is 208 Å². The summed E-state index contributed by atoms with van der Waals surface area (Å²) in [6.45, 7) is 0. The average Bonchev–Trinajstić information content (AvgIpc) is 3.40. The number of nitrogens with zero attached hydrogens (tertiary/aromatic N) is 2. The van der Waals surface area contributed by atoms with E-state index in [9.17, 15) is 14.4 Å². The number of ketones is 1. The van der Waals surface area contributed by atoms with Crippen molar-refractivity contribution in [2.45, 2.75) is 12.1 Å². The standard InChI is InChI=1S/C31H22N2O3/c34-29(21-11-2-1-3-12-21)28-26-25(27-23-15-7-5-10-20(23)17-18-32(27)28)30(35)33(31(26)36)24-16-8-13-19-9-4-6-14-22(19)24/h1-18,25-28H/t25-,26+,27-,28-/m0/s1. The summed E-state index contributed by atoms with van der Waals surface area (Å²) in [7, 11) is 0. The number of imide groups is 1. The minimum absolute atomic E-state index is 0.141. The van der Waals surface area contributed by atoms with E-state index in [1.807, 2.05) is 102 Å². The fraction of sp³-hybridized carbons (Fsp3) is 0.129. The zero-order valence-corrected chi connectivity index (χ0v) is 19.3. The van der Waals surface area contributed by atoms with Crippen LogP contribution in [0.4, 0.5) is 5.69 Å². The maximum Gasteiger partial charge on any atom is 0.240 e. The zero-order valence-electron chi connectivity index (χ0n) is 19.3. The van der Waals surface area contributed by atoms with Crippen LogP contribution >= 0.6 is 0 Å². The molecule has 5 nitrogen and oxygen atoms in total. The number of hydrogen-bond acceptors (Lipinski definition) is 4. The predicted molar refractivity (Wildman–Crippen MR) is 138 cm³/mol. The molecule has 4 aromatic rings. The van der Waals surface area contributed by atoms with Crippen molar-refractivity contribution in [3.05, 3.63) is 120 Å². The third-order valence-corrected chi connectivity index (χ3v) is 7.80. The first-order chi connectivity index (χ1) is 17.6. The summed E-state index contributed by atoms with van der Waals surface area (Å²) >= 11 is 0. The molecule has 0 unspecified atom stereocenters. The molecule has 174 valence electrons. The zero-order chi connectivity index (χ0) is 24.4. The summed E-state index contributed by atoms with van der Waals surface area (Å²) in [6, 6.07) is 29.2. The molecule has 0 spiro atoms. The Balaban J connectivity index is 1.41. The van der Waals surface area contributed by atoms with Gasteiger partial charge in [0.1, 0.15) is 6.04 Å². The third kappa shape index (κ3) is 2.80. The monoisotopic (exact) mass is 470 g/mol. The van der Waals surface area contributed by atoms with Gasteiger partial charge in [-0.2, -0.15) is 0 Å². The van der Waals surface area contributed by atoms with Gasteiger partial charge in [-0.25, -0.2) is 4.90 Å². The summed E-state index contributed by atoms with van der Waals surface area (Å²) in [6.07, 6.45) is 3.86. The van der Waals surface area contributed by atoms with Gasteiger partial charge in [-0.15, -0.1) is 0 Å². The first-order valence-electron chi connectivity index (χ1n) is 12.1. The van der Waals surface area contributed by atoms with Crippen molar-refractivity contribution >= 4 is 40.1 Å². The fourth-order valence-electron chi connectivity index (χ4n) is 6.27. The van der Waals surface area contributed by atoms with Gasteiger partial charge in [-0.05, 0) is 28.7 Å². The topological polar surface area (TPSA) is 57.7 Å². The summed E-state index contributed by atoms with van der Waals surface area (Å²) < 4.78 is 0. The lowest BCUT2D eigenvalue weighted by Gasteiger charge is -2.35. The first-order valence-corrected chi connectivity index (χ1v) is 12.1. The molecule has 3 heterocycles. The smallest absolute Gasteiger partial charge is 0.240 e. The fourth-order valence-corrected chi connectivity index (χ4v) is 6.27. The van der Waals surface area contributed by atoms with E-state index in [1.54, 1.807) is 12.1 Å². The molecule has 2 fully saturated rings. The number of Topliss-reactive ketones (excluding diaryl/α,β-unsaturated/α-hetero) is 1. The summed E-state index contributed by atoms with van der Waals surface area (Å²) in [4.78, 5) is 45.5. The van der Waals surface area contributed by atoms with E-state index in [0.717, 1.165) is 21.9 Å². The molecule has 0 aromatic heterocycles. The molecule has 4 atom stereocenters. The number of fused-ring (bicyclic) bond motifs is 6. The summed E-state index contributed by atoms with van der Waals surface area (Å²) in [5, 5.41) is 1.80. The first kappa shape index (κ1) is 20.8. The average molecular weight is 471 g/mol. The van der Waals surface area contributed by atoms with E-state index in [1.165, 1.54) is 4.90 Å². The molecule has 7 rings (SSSR count). The van der Waals surface area contributed by atoms with Crippen LogP contribution < -0.4 is 4.90 Å². The number of amides is 2. The van der Waals surface area contributed by atoms with E-state index < -0.39 is 17.9 Å². The number of carbonyl (C=O) groups is 3. The molecule has 5 heteroatoms. The van der Waals surface area contributed by atoms with E-state index in [4.69, 9.17) is 0 Å². The van der Waals surface area contributed by atoms with Gasteiger partial charge >= 0.3 is 0 Å². The highest BCUT2D eigenvalue weighted by Crippen LogP contribution is 2.54. The highest BCUT2D eigenvalue weighted by atomic mass is 16.2. The van der Waals surface area contributed by atoms with Gasteiger partial charge in [0.15, 0.2) is 5.78 Å². The maximum absolute atomic E-state index is 14.2. The molecular formula is C31H22N2O3. The van der Waals surface area contributed by atoms with Gasteiger partial charge in [-0.1, -0.05) is 91.0 Å². The number of hydrogen-bond donors (Lipinski definition) is 0. The van der Waals surface area contributed by atoms with Gasteiger partial charge in [0.25, 0.3) is 0 Å². The Hall–Kier alpha value is -4.51. The highest BCUT2D eigenvalue weighted by Gasteiger charge is 2.64. The van der Waals surface area contributed by atoms with Gasteiger partial charge < -0.3 is 4.90 Å². The number of benzene rings is 4. The second-order valence-electron chi connectivity index (χ2n) is 9.57. The molecule has 3 aliphatic heterocycles. The van der Waals surface area contributed by atoms with Crippen LogP contribution in [-0.2, 0) is 9.59 Å². The maximum atomic E-state index is 14.2.